The van der Waals surface area contributed by atoms with Gasteiger partial charge in [-0.3, -0.25) is 9.59 Å². The maximum atomic E-state index is 12.0. The van der Waals surface area contributed by atoms with Crippen molar-refractivity contribution in [2.24, 2.45) is 0 Å². The third-order valence-corrected chi connectivity index (χ3v) is 3.67. The Morgan fingerprint density at radius 3 is 2.78 bits per heavy atom. The van der Waals surface area contributed by atoms with Crippen molar-refractivity contribution in [3.8, 4) is 0 Å². The van der Waals surface area contributed by atoms with Crippen LogP contribution in [0.15, 0.2) is 34.4 Å². The van der Waals surface area contributed by atoms with Crippen molar-refractivity contribution in [3.05, 3.63) is 56.1 Å². The summed E-state index contributed by atoms with van der Waals surface area (Å²) >= 11 is 1.57. The van der Waals surface area contributed by atoms with Crippen LogP contribution in [0.5, 0.6) is 0 Å². The lowest BCUT2D eigenvalue weighted by Crippen LogP contribution is -2.31. The minimum atomic E-state index is -0.356. The summed E-state index contributed by atoms with van der Waals surface area (Å²) in [6.45, 7) is 3.67. The number of carbonyl (C=O) groups is 1. The van der Waals surface area contributed by atoms with Crippen molar-refractivity contribution in [2.45, 2.75) is 19.9 Å². The van der Waals surface area contributed by atoms with Crippen LogP contribution < -0.4 is 10.9 Å². The predicted molar refractivity (Wildman–Crippen MR) is 72.0 cm³/mol. The molecule has 94 valence electrons. The SMILES string of the molecule is Cc1ccc(C(=O)N[C@H](C)c2cccs2)c(=O)[nH]1. The van der Waals surface area contributed by atoms with E-state index in [2.05, 4.69) is 10.3 Å². The number of aryl methyl sites for hydroxylation is 1. The molecule has 0 radical (unpaired) electrons. The maximum absolute atomic E-state index is 12.0. The van der Waals surface area contributed by atoms with E-state index in [4.69, 9.17) is 0 Å². The molecule has 1 amide bonds. The zero-order chi connectivity index (χ0) is 13.1. The number of rotatable bonds is 3. The van der Waals surface area contributed by atoms with Gasteiger partial charge in [-0.2, -0.15) is 0 Å². The molecule has 5 heteroatoms. The van der Waals surface area contributed by atoms with Crippen LogP contribution in [0.4, 0.5) is 0 Å². The maximum Gasteiger partial charge on any atom is 0.260 e. The summed E-state index contributed by atoms with van der Waals surface area (Å²) in [6, 6.07) is 7.05. The van der Waals surface area contributed by atoms with Gasteiger partial charge in [0, 0.05) is 10.6 Å². The van der Waals surface area contributed by atoms with Gasteiger partial charge in [0.2, 0.25) is 0 Å². The van der Waals surface area contributed by atoms with Gasteiger partial charge in [0.25, 0.3) is 11.5 Å². The summed E-state index contributed by atoms with van der Waals surface area (Å²) in [6.07, 6.45) is 0. The largest absolute Gasteiger partial charge is 0.345 e. The van der Waals surface area contributed by atoms with E-state index in [-0.39, 0.29) is 23.1 Å². The first-order chi connectivity index (χ1) is 8.58. The Bertz CT molecular complexity index is 602. The summed E-state index contributed by atoms with van der Waals surface area (Å²) < 4.78 is 0. The highest BCUT2D eigenvalue weighted by Gasteiger charge is 2.14. The molecule has 0 unspecified atom stereocenters. The summed E-state index contributed by atoms with van der Waals surface area (Å²) in [5.41, 5.74) is 0.526. The lowest BCUT2D eigenvalue weighted by atomic mass is 10.2. The van der Waals surface area contributed by atoms with Crippen molar-refractivity contribution in [2.75, 3.05) is 0 Å². The Labute approximate surface area is 109 Å². The number of pyridine rings is 1. The molecule has 2 rings (SSSR count). The van der Waals surface area contributed by atoms with Crippen molar-refractivity contribution in [1.82, 2.24) is 10.3 Å². The number of carbonyl (C=O) groups excluding carboxylic acids is 1. The van der Waals surface area contributed by atoms with Crippen LogP contribution in [0, 0.1) is 6.92 Å². The zero-order valence-electron chi connectivity index (χ0n) is 10.2. The normalized spacial score (nSPS) is 12.1. The third-order valence-electron chi connectivity index (χ3n) is 2.62. The number of amides is 1. The Morgan fingerprint density at radius 2 is 2.17 bits per heavy atom. The monoisotopic (exact) mass is 262 g/mol. The molecular formula is C13H14N2O2S. The van der Waals surface area contributed by atoms with Gasteiger partial charge in [-0.05, 0) is 37.4 Å². The Morgan fingerprint density at radius 1 is 1.39 bits per heavy atom. The van der Waals surface area contributed by atoms with Crippen molar-refractivity contribution >= 4 is 17.2 Å². The van der Waals surface area contributed by atoms with E-state index in [1.807, 2.05) is 24.4 Å². The van der Waals surface area contributed by atoms with Crippen LogP contribution in [-0.2, 0) is 0 Å². The van der Waals surface area contributed by atoms with E-state index in [9.17, 15) is 9.59 Å². The zero-order valence-corrected chi connectivity index (χ0v) is 11.0. The molecule has 1 atom stereocenters. The van der Waals surface area contributed by atoms with E-state index >= 15 is 0 Å². The molecule has 0 bridgehead atoms. The predicted octanol–water partition coefficient (Wildman–Crippen LogP) is 2.24. The number of thiophene rings is 1. The van der Waals surface area contributed by atoms with Crippen LogP contribution in [0.3, 0.4) is 0 Å². The highest BCUT2D eigenvalue weighted by molar-refractivity contribution is 7.10. The van der Waals surface area contributed by atoms with Crippen molar-refractivity contribution < 1.29 is 4.79 Å². The van der Waals surface area contributed by atoms with Crippen molar-refractivity contribution in [1.29, 1.82) is 0 Å². The first-order valence-corrected chi connectivity index (χ1v) is 6.50. The van der Waals surface area contributed by atoms with Gasteiger partial charge in [0.05, 0.1) is 6.04 Å². The molecule has 2 heterocycles. The lowest BCUT2D eigenvalue weighted by Gasteiger charge is -2.11. The minimum absolute atomic E-state index is 0.0989. The van der Waals surface area contributed by atoms with Crippen LogP contribution in [0.25, 0.3) is 0 Å². The van der Waals surface area contributed by atoms with E-state index in [1.165, 1.54) is 0 Å². The average molecular weight is 262 g/mol. The molecular weight excluding hydrogens is 248 g/mol. The topological polar surface area (TPSA) is 62.0 Å². The highest BCUT2D eigenvalue weighted by atomic mass is 32.1. The number of hydrogen-bond donors (Lipinski definition) is 2. The molecule has 2 aromatic rings. The smallest absolute Gasteiger partial charge is 0.260 e. The van der Waals surface area contributed by atoms with Gasteiger partial charge in [0.15, 0.2) is 0 Å². The second kappa shape index (κ2) is 5.18. The second-order valence-corrected chi connectivity index (χ2v) is 5.07. The molecule has 0 fully saturated rings. The van der Waals surface area contributed by atoms with E-state index in [0.717, 1.165) is 10.6 Å². The summed E-state index contributed by atoms with van der Waals surface area (Å²) in [5, 5.41) is 4.77. The lowest BCUT2D eigenvalue weighted by molar-refractivity contribution is 0.0939. The Balaban J connectivity index is 2.15. The van der Waals surface area contributed by atoms with Crippen LogP contribution in [0.1, 0.15) is 33.9 Å². The molecule has 4 nitrogen and oxygen atoms in total. The van der Waals surface area contributed by atoms with Gasteiger partial charge in [-0.25, -0.2) is 0 Å². The minimum Gasteiger partial charge on any atom is -0.345 e. The number of aromatic nitrogens is 1. The van der Waals surface area contributed by atoms with E-state index in [1.54, 1.807) is 30.4 Å². The molecule has 0 saturated carbocycles. The standard InChI is InChI=1S/C13H14N2O2S/c1-8-5-6-10(12(16)14-8)13(17)15-9(2)11-4-3-7-18-11/h3-7,9H,1-2H3,(H,14,16)(H,15,17)/t9-/m1/s1. The molecule has 2 aromatic heterocycles. The Kier molecular flexibility index (Phi) is 3.62. The number of H-pyrrole nitrogens is 1. The number of hydrogen-bond acceptors (Lipinski definition) is 3. The summed E-state index contributed by atoms with van der Waals surface area (Å²) in [5.74, 6) is -0.350. The summed E-state index contributed by atoms with van der Waals surface area (Å²) in [7, 11) is 0. The Hall–Kier alpha value is -1.88. The molecule has 0 saturated heterocycles. The van der Waals surface area contributed by atoms with Gasteiger partial charge in [-0.15, -0.1) is 11.3 Å². The van der Waals surface area contributed by atoms with Gasteiger partial charge in [-0.1, -0.05) is 6.07 Å². The molecule has 0 aromatic carbocycles. The molecule has 0 aliphatic heterocycles. The molecule has 18 heavy (non-hydrogen) atoms. The van der Waals surface area contributed by atoms with E-state index < -0.39 is 0 Å². The van der Waals surface area contributed by atoms with Crippen LogP contribution in [0.2, 0.25) is 0 Å². The fourth-order valence-electron chi connectivity index (χ4n) is 1.63. The first kappa shape index (κ1) is 12.6. The molecule has 2 N–H and O–H groups in total. The number of aromatic amines is 1. The highest BCUT2D eigenvalue weighted by Crippen LogP contribution is 2.18. The molecule has 0 aliphatic carbocycles. The summed E-state index contributed by atoms with van der Waals surface area (Å²) in [4.78, 5) is 27.3. The molecule has 0 spiro atoms. The third kappa shape index (κ3) is 2.68. The van der Waals surface area contributed by atoms with Crippen molar-refractivity contribution in [3.63, 3.8) is 0 Å². The fourth-order valence-corrected chi connectivity index (χ4v) is 2.37. The first-order valence-electron chi connectivity index (χ1n) is 5.62. The van der Waals surface area contributed by atoms with Gasteiger partial charge >= 0.3 is 0 Å². The number of nitrogens with one attached hydrogen (secondary N) is 2. The van der Waals surface area contributed by atoms with Gasteiger partial charge in [0.1, 0.15) is 5.56 Å². The van der Waals surface area contributed by atoms with Crippen LogP contribution >= 0.6 is 11.3 Å². The van der Waals surface area contributed by atoms with E-state index in [0.29, 0.717) is 0 Å². The molecule has 0 aliphatic rings. The quantitative estimate of drug-likeness (QED) is 0.891. The fraction of sp³-hybridized carbons (Fsp3) is 0.231. The van der Waals surface area contributed by atoms with Crippen LogP contribution in [-0.4, -0.2) is 10.9 Å². The second-order valence-electron chi connectivity index (χ2n) is 4.09. The average Bonchev–Trinajstić information content (AvgIpc) is 2.81. The van der Waals surface area contributed by atoms with Gasteiger partial charge < -0.3 is 10.3 Å².